The molecule has 1 aliphatic rings. The van der Waals surface area contributed by atoms with E-state index in [2.05, 4.69) is 5.32 Å². The van der Waals surface area contributed by atoms with Crippen LogP contribution in [0, 0.1) is 5.92 Å². The molecule has 3 nitrogen and oxygen atoms in total. The molecule has 1 amide bonds. The molecule has 0 saturated carbocycles. The van der Waals surface area contributed by atoms with Gasteiger partial charge in [-0.25, -0.2) is 0 Å². The summed E-state index contributed by atoms with van der Waals surface area (Å²) in [6, 6.07) is 5.17. The largest absolute Gasteiger partial charge is 0.381 e. The molecule has 104 valence electrons. The molecular formula is C14H17Cl2NO2. The standard InChI is InChI=1S/C14H17Cl2NO2/c15-11-2-1-3-12(16)14(11)17-13(18)5-4-10-6-8-19-9-7-10/h1-3,10H,4-9H2,(H,17,18). The van der Waals surface area contributed by atoms with E-state index in [-0.39, 0.29) is 5.91 Å². The van der Waals surface area contributed by atoms with Crippen LogP contribution in [0.15, 0.2) is 18.2 Å². The van der Waals surface area contributed by atoms with Crippen LogP contribution < -0.4 is 5.32 Å². The maximum atomic E-state index is 11.9. The highest BCUT2D eigenvalue weighted by atomic mass is 35.5. The number of hydrogen-bond donors (Lipinski definition) is 1. The minimum Gasteiger partial charge on any atom is -0.381 e. The number of halogens is 2. The van der Waals surface area contributed by atoms with Crippen molar-refractivity contribution in [2.24, 2.45) is 5.92 Å². The van der Waals surface area contributed by atoms with Gasteiger partial charge in [-0.1, -0.05) is 29.3 Å². The van der Waals surface area contributed by atoms with Gasteiger partial charge in [0, 0.05) is 19.6 Å². The van der Waals surface area contributed by atoms with E-state index in [1.54, 1.807) is 18.2 Å². The molecule has 1 heterocycles. The molecule has 1 saturated heterocycles. The second-order valence-electron chi connectivity index (χ2n) is 4.74. The molecule has 1 aliphatic heterocycles. The number of carbonyl (C=O) groups is 1. The van der Waals surface area contributed by atoms with Crippen LogP contribution >= 0.6 is 23.2 Å². The molecule has 0 unspecified atom stereocenters. The lowest BCUT2D eigenvalue weighted by molar-refractivity contribution is -0.116. The van der Waals surface area contributed by atoms with Crippen molar-refractivity contribution < 1.29 is 9.53 Å². The Labute approximate surface area is 123 Å². The number of ether oxygens (including phenoxy) is 1. The fourth-order valence-corrected chi connectivity index (χ4v) is 2.68. The third kappa shape index (κ3) is 4.37. The summed E-state index contributed by atoms with van der Waals surface area (Å²) in [5, 5.41) is 3.71. The van der Waals surface area contributed by atoms with E-state index < -0.39 is 0 Å². The van der Waals surface area contributed by atoms with Gasteiger partial charge in [0.2, 0.25) is 5.91 Å². The average Bonchev–Trinajstić information content (AvgIpc) is 2.42. The Hall–Kier alpha value is -0.770. The third-order valence-electron chi connectivity index (χ3n) is 3.35. The molecule has 0 aliphatic carbocycles. The Bertz CT molecular complexity index is 425. The molecule has 0 atom stereocenters. The number of amides is 1. The normalized spacial score (nSPS) is 16.3. The summed E-state index contributed by atoms with van der Waals surface area (Å²) in [6.45, 7) is 1.62. The van der Waals surface area contributed by atoms with Crippen molar-refractivity contribution in [2.45, 2.75) is 25.7 Å². The predicted octanol–water partition coefficient (Wildman–Crippen LogP) is 4.14. The van der Waals surface area contributed by atoms with Crippen LogP contribution in [-0.2, 0) is 9.53 Å². The number of carbonyl (C=O) groups excluding carboxylic acids is 1. The van der Waals surface area contributed by atoms with Crippen molar-refractivity contribution in [3.63, 3.8) is 0 Å². The SMILES string of the molecule is O=C(CCC1CCOCC1)Nc1c(Cl)cccc1Cl. The lowest BCUT2D eigenvalue weighted by atomic mass is 9.95. The van der Waals surface area contributed by atoms with E-state index >= 15 is 0 Å². The smallest absolute Gasteiger partial charge is 0.224 e. The van der Waals surface area contributed by atoms with Crippen LogP contribution in [0.2, 0.25) is 10.0 Å². The molecule has 1 N–H and O–H groups in total. The van der Waals surface area contributed by atoms with Gasteiger partial charge in [0.1, 0.15) is 0 Å². The molecule has 0 bridgehead atoms. The molecule has 0 spiro atoms. The van der Waals surface area contributed by atoms with Gasteiger partial charge in [-0.3, -0.25) is 4.79 Å². The summed E-state index contributed by atoms with van der Waals surface area (Å²) in [6.07, 6.45) is 3.46. The van der Waals surface area contributed by atoms with Crippen LogP contribution in [0.25, 0.3) is 0 Å². The first kappa shape index (κ1) is 14.6. The Morgan fingerprint density at radius 3 is 2.53 bits per heavy atom. The van der Waals surface area contributed by atoms with Crippen molar-refractivity contribution in [3.8, 4) is 0 Å². The number of benzene rings is 1. The van der Waals surface area contributed by atoms with Crippen LogP contribution in [0.3, 0.4) is 0 Å². The van der Waals surface area contributed by atoms with Gasteiger partial charge in [-0.15, -0.1) is 0 Å². The van der Waals surface area contributed by atoms with Gasteiger partial charge in [0.25, 0.3) is 0 Å². The first-order valence-corrected chi connectivity index (χ1v) is 7.24. The number of nitrogens with one attached hydrogen (secondary N) is 1. The quantitative estimate of drug-likeness (QED) is 0.907. The van der Waals surface area contributed by atoms with Gasteiger partial charge in [-0.05, 0) is 37.3 Å². The second kappa shape index (κ2) is 7.13. The average molecular weight is 302 g/mol. The Balaban J connectivity index is 1.83. The van der Waals surface area contributed by atoms with E-state index in [9.17, 15) is 4.79 Å². The number of hydrogen-bond acceptors (Lipinski definition) is 2. The first-order chi connectivity index (χ1) is 9.16. The maximum Gasteiger partial charge on any atom is 0.224 e. The van der Waals surface area contributed by atoms with E-state index in [0.717, 1.165) is 32.5 Å². The third-order valence-corrected chi connectivity index (χ3v) is 3.98. The summed E-state index contributed by atoms with van der Waals surface area (Å²) in [7, 11) is 0. The van der Waals surface area contributed by atoms with Crippen molar-refractivity contribution in [1.82, 2.24) is 0 Å². The summed E-state index contributed by atoms with van der Waals surface area (Å²) >= 11 is 12.0. The summed E-state index contributed by atoms with van der Waals surface area (Å²) in [4.78, 5) is 11.9. The fourth-order valence-electron chi connectivity index (χ4n) is 2.19. The van der Waals surface area contributed by atoms with E-state index in [1.807, 2.05) is 0 Å². The lowest BCUT2D eigenvalue weighted by Crippen LogP contribution is -2.19. The molecule has 0 radical (unpaired) electrons. The molecule has 1 aromatic carbocycles. The van der Waals surface area contributed by atoms with Gasteiger partial charge < -0.3 is 10.1 Å². The predicted molar refractivity (Wildman–Crippen MR) is 77.9 cm³/mol. The van der Waals surface area contributed by atoms with Gasteiger partial charge >= 0.3 is 0 Å². The minimum absolute atomic E-state index is 0.0403. The highest BCUT2D eigenvalue weighted by molar-refractivity contribution is 6.39. The van der Waals surface area contributed by atoms with Crippen LogP contribution in [0.5, 0.6) is 0 Å². The Morgan fingerprint density at radius 1 is 1.26 bits per heavy atom. The maximum absolute atomic E-state index is 11.9. The lowest BCUT2D eigenvalue weighted by Gasteiger charge is -2.21. The molecule has 1 fully saturated rings. The summed E-state index contributed by atoms with van der Waals surface area (Å²) in [5.74, 6) is 0.544. The van der Waals surface area contributed by atoms with Crippen molar-refractivity contribution in [1.29, 1.82) is 0 Å². The van der Waals surface area contributed by atoms with E-state index in [4.69, 9.17) is 27.9 Å². The van der Waals surface area contributed by atoms with Gasteiger partial charge in [-0.2, -0.15) is 0 Å². The van der Waals surface area contributed by atoms with Crippen molar-refractivity contribution in [2.75, 3.05) is 18.5 Å². The Kier molecular flexibility index (Phi) is 5.49. The van der Waals surface area contributed by atoms with Crippen LogP contribution in [-0.4, -0.2) is 19.1 Å². The number of anilines is 1. The van der Waals surface area contributed by atoms with E-state index in [1.165, 1.54) is 0 Å². The molecule has 19 heavy (non-hydrogen) atoms. The first-order valence-electron chi connectivity index (χ1n) is 6.48. The zero-order valence-corrected chi connectivity index (χ0v) is 12.1. The molecule has 2 rings (SSSR count). The highest BCUT2D eigenvalue weighted by Gasteiger charge is 2.16. The fraction of sp³-hybridized carbons (Fsp3) is 0.500. The van der Waals surface area contributed by atoms with E-state index in [0.29, 0.717) is 28.1 Å². The Morgan fingerprint density at radius 2 is 1.89 bits per heavy atom. The highest BCUT2D eigenvalue weighted by Crippen LogP contribution is 2.30. The minimum atomic E-state index is -0.0403. The van der Waals surface area contributed by atoms with Crippen molar-refractivity contribution >= 4 is 34.8 Å². The van der Waals surface area contributed by atoms with Crippen molar-refractivity contribution in [3.05, 3.63) is 28.2 Å². The molecule has 1 aromatic rings. The van der Waals surface area contributed by atoms with Crippen LogP contribution in [0.1, 0.15) is 25.7 Å². The summed E-state index contributed by atoms with van der Waals surface area (Å²) < 4.78 is 5.30. The number of para-hydroxylation sites is 1. The zero-order chi connectivity index (χ0) is 13.7. The monoisotopic (exact) mass is 301 g/mol. The zero-order valence-electron chi connectivity index (χ0n) is 10.6. The van der Waals surface area contributed by atoms with Crippen LogP contribution in [0.4, 0.5) is 5.69 Å². The second-order valence-corrected chi connectivity index (χ2v) is 5.55. The summed E-state index contributed by atoms with van der Waals surface area (Å²) in [5.41, 5.74) is 0.503. The number of rotatable bonds is 4. The molecular weight excluding hydrogens is 285 g/mol. The molecule has 0 aromatic heterocycles. The van der Waals surface area contributed by atoms with Gasteiger partial charge in [0.05, 0.1) is 15.7 Å². The van der Waals surface area contributed by atoms with Gasteiger partial charge in [0.15, 0.2) is 0 Å². The topological polar surface area (TPSA) is 38.3 Å². The molecule has 5 heteroatoms.